The van der Waals surface area contributed by atoms with Crippen LogP contribution in [0.3, 0.4) is 0 Å². The number of carbonyl (C=O) groups is 1. The molecular weight excluding hydrogens is 252 g/mol. The maximum atomic E-state index is 11.6. The number of benzene rings is 1. The van der Waals surface area contributed by atoms with E-state index >= 15 is 0 Å². The van der Waals surface area contributed by atoms with Gasteiger partial charge >= 0.3 is 5.97 Å². The number of esters is 1. The molecule has 20 heavy (non-hydrogen) atoms. The molecule has 0 aromatic heterocycles. The van der Waals surface area contributed by atoms with Crippen LogP contribution in [0.4, 0.5) is 11.4 Å². The third kappa shape index (κ3) is 3.24. The van der Waals surface area contributed by atoms with Gasteiger partial charge in [-0.05, 0) is 37.0 Å². The number of ether oxygens (including phenoxy) is 1. The van der Waals surface area contributed by atoms with Crippen molar-refractivity contribution in [3.63, 3.8) is 0 Å². The highest BCUT2D eigenvalue weighted by Crippen LogP contribution is 2.31. The molecule has 0 radical (unpaired) electrons. The van der Waals surface area contributed by atoms with Crippen molar-refractivity contribution in [2.24, 2.45) is 5.92 Å². The van der Waals surface area contributed by atoms with Crippen LogP contribution in [0.1, 0.15) is 49.4 Å². The summed E-state index contributed by atoms with van der Waals surface area (Å²) in [5.41, 5.74) is 8.08. The quantitative estimate of drug-likeness (QED) is 0.653. The molecule has 1 fully saturated rings. The van der Waals surface area contributed by atoms with Gasteiger partial charge in [-0.15, -0.1) is 0 Å². The Morgan fingerprint density at radius 3 is 2.85 bits per heavy atom. The number of nitrogen functional groups attached to an aromatic ring is 1. The topological polar surface area (TPSA) is 64.3 Å². The first kappa shape index (κ1) is 14.7. The zero-order valence-corrected chi connectivity index (χ0v) is 12.3. The monoisotopic (exact) mass is 276 g/mol. The minimum absolute atomic E-state index is 0.330. The van der Waals surface area contributed by atoms with Gasteiger partial charge in [-0.3, -0.25) is 0 Å². The zero-order chi connectivity index (χ0) is 14.5. The molecule has 1 aliphatic rings. The largest absolute Gasteiger partial charge is 0.465 e. The molecule has 1 saturated carbocycles. The minimum Gasteiger partial charge on any atom is -0.465 e. The molecule has 2 atom stereocenters. The molecule has 110 valence electrons. The van der Waals surface area contributed by atoms with E-state index in [9.17, 15) is 4.79 Å². The second kappa shape index (κ2) is 6.64. The molecule has 3 N–H and O–H groups in total. The second-order valence-electron chi connectivity index (χ2n) is 5.50. The smallest absolute Gasteiger partial charge is 0.337 e. The second-order valence-corrected chi connectivity index (χ2v) is 5.50. The van der Waals surface area contributed by atoms with E-state index in [-0.39, 0.29) is 5.97 Å². The van der Waals surface area contributed by atoms with Gasteiger partial charge in [0.25, 0.3) is 0 Å². The van der Waals surface area contributed by atoms with E-state index in [4.69, 9.17) is 10.5 Å². The molecule has 0 spiro atoms. The van der Waals surface area contributed by atoms with Crippen LogP contribution in [-0.2, 0) is 4.74 Å². The molecule has 0 amide bonds. The Balaban J connectivity index is 2.17. The summed E-state index contributed by atoms with van der Waals surface area (Å²) >= 11 is 0. The summed E-state index contributed by atoms with van der Waals surface area (Å²) in [5.74, 6) is 0.355. The fourth-order valence-electron chi connectivity index (χ4n) is 3.01. The number of anilines is 2. The van der Waals surface area contributed by atoms with E-state index in [0.717, 1.165) is 5.69 Å². The molecule has 0 saturated heterocycles. The first-order valence-electron chi connectivity index (χ1n) is 7.40. The zero-order valence-electron chi connectivity index (χ0n) is 12.3. The van der Waals surface area contributed by atoms with E-state index in [1.165, 1.54) is 39.2 Å². The van der Waals surface area contributed by atoms with Crippen molar-refractivity contribution in [3.8, 4) is 0 Å². The van der Waals surface area contributed by atoms with Crippen molar-refractivity contribution >= 4 is 17.3 Å². The average Bonchev–Trinajstić information content (AvgIpc) is 2.49. The molecule has 1 aromatic carbocycles. The van der Waals surface area contributed by atoms with Crippen molar-refractivity contribution in [1.82, 2.24) is 0 Å². The average molecular weight is 276 g/mol. The van der Waals surface area contributed by atoms with Crippen LogP contribution in [0.25, 0.3) is 0 Å². The summed E-state index contributed by atoms with van der Waals surface area (Å²) in [6.45, 7) is 2.24. The first-order chi connectivity index (χ1) is 9.65. The van der Waals surface area contributed by atoms with Crippen molar-refractivity contribution < 1.29 is 9.53 Å². The van der Waals surface area contributed by atoms with Gasteiger partial charge in [0.2, 0.25) is 0 Å². The Kier molecular flexibility index (Phi) is 4.88. The van der Waals surface area contributed by atoms with Crippen molar-refractivity contribution in [2.45, 2.75) is 45.1 Å². The summed E-state index contributed by atoms with van der Waals surface area (Å²) in [4.78, 5) is 11.6. The van der Waals surface area contributed by atoms with Gasteiger partial charge in [0.15, 0.2) is 0 Å². The van der Waals surface area contributed by atoms with Crippen molar-refractivity contribution in [3.05, 3.63) is 23.8 Å². The van der Waals surface area contributed by atoms with Crippen LogP contribution in [0.2, 0.25) is 0 Å². The maximum Gasteiger partial charge on any atom is 0.337 e. The van der Waals surface area contributed by atoms with Crippen LogP contribution < -0.4 is 11.1 Å². The summed E-state index contributed by atoms with van der Waals surface area (Å²) in [5, 5.41) is 3.54. The van der Waals surface area contributed by atoms with E-state index < -0.39 is 0 Å². The summed E-state index contributed by atoms with van der Waals surface area (Å²) < 4.78 is 4.76. The Hall–Kier alpha value is -1.71. The highest BCUT2D eigenvalue weighted by atomic mass is 16.5. The Morgan fingerprint density at radius 1 is 1.40 bits per heavy atom. The van der Waals surface area contributed by atoms with E-state index in [1.807, 2.05) is 0 Å². The molecule has 4 heteroatoms. The van der Waals surface area contributed by atoms with Crippen LogP contribution in [0.5, 0.6) is 0 Å². The van der Waals surface area contributed by atoms with Crippen LogP contribution in [-0.4, -0.2) is 19.1 Å². The normalized spacial score (nSPS) is 22.3. The highest BCUT2D eigenvalue weighted by molar-refractivity contribution is 5.92. The molecule has 2 rings (SSSR count). The summed E-state index contributed by atoms with van der Waals surface area (Å²) in [6, 6.07) is 5.70. The Labute approximate surface area is 120 Å². The van der Waals surface area contributed by atoms with Gasteiger partial charge in [0, 0.05) is 6.04 Å². The van der Waals surface area contributed by atoms with E-state index in [0.29, 0.717) is 23.2 Å². The van der Waals surface area contributed by atoms with Gasteiger partial charge in [-0.25, -0.2) is 4.79 Å². The molecule has 2 unspecified atom stereocenters. The minimum atomic E-state index is -0.330. The summed E-state index contributed by atoms with van der Waals surface area (Å²) in [7, 11) is 1.39. The number of hydrogen-bond acceptors (Lipinski definition) is 4. The number of carbonyl (C=O) groups excluding carboxylic acids is 1. The standard InChI is InChI=1S/C16H24N2O2/c1-3-11-6-4-5-7-14(11)18-15-10-12(16(19)20-2)8-9-13(15)17/h8-11,14,18H,3-7,17H2,1-2H3. The number of methoxy groups -OCH3 is 1. The van der Waals surface area contributed by atoms with Crippen LogP contribution in [0, 0.1) is 5.92 Å². The number of rotatable bonds is 4. The maximum absolute atomic E-state index is 11.6. The lowest BCUT2D eigenvalue weighted by Gasteiger charge is -2.32. The first-order valence-corrected chi connectivity index (χ1v) is 7.40. The molecule has 1 aliphatic carbocycles. The molecule has 0 aliphatic heterocycles. The molecule has 4 nitrogen and oxygen atoms in total. The molecule has 0 heterocycles. The predicted molar refractivity (Wildman–Crippen MR) is 81.9 cm³/mol. The van der Waals surface area contributed by atoms with Crippen LogP contribution in [0.15, 0.2) is 18.2 Å². The van der Waals surface area contributed by atoms with E-state index in [1.54, 1.807) is 18.2 Å². The van der Waals surface area contributed by atoms with Gasteiger partial charge in [0.05, 0.1) is 24.0 Å². The van der Waals surface area contributed by atoms with Crippen molar-refractivity contribution in [1.29, 1.82) is 0 Å². The van der Waals surface area contributed by atoms with Gasteiger partial charge < -0.3 is 15.8 Å². The van der Waals surface area contributed by atoms with E-state index in [2.05, 4.69) is 12.2 Å². The van der Waals surface area contributed by atoms with Crippen molar-refractivity contribution in [2.75, 3.05) is 18.2 Å². The highest BCUT2D eigenvalue weighted by Gasteiger charge is 2.24. The lowest BCUT2D eigenvalue weighted by molar-refractivity contribution is 0.0601. The lowest BCUT2D eigenvalue weighted by atomic mass is 9.82. The third-order valence-corrected chi connectivity index (χ3v) is 4.25. The third-order valence-electron chi connectivity index (χ3n) is 4.25. The fraction of sp³-hybridized carbons (Fsp3) is 0.562. The molecule has 0 bridgehead atoms. The van der Waals surface area contributed by atoms with Gasteiger partial charge in [-0.2, -0.15) is 0 Å². The Bertz CT molecular complexity index is 474. The van der Waals surface area contributed by atoms with Gasteiger partial charge in [0.1, 0.15) is 0 Å². The van der Waals surface area contributed by atoms with Gasteiger partial charge in [-0.1, -0.05) is 26.2 Å². The predicted octanol–water partition coefficient (Wildman–Crippen LogP) is 3.44. The molecular formula is C16H24N2O2. The van der Waals surface area contributed by atoms with Crippen LogP contribution >= 0.6 is 0 Å². The number of hydrogen-bond donors (Lipinski definition) is 2. The Morgan fingerprint density at radius 2 is 2.15 bits per heavy atom. The fourth-order valence-corrected chi connectivity index (χ4v) is 3.01. The SMILES string of the molecule is CCC1CCCCC1Nc1cc(C(=O)OC)ccc1N. The number of nitrogens with two attached hydrogens (primary N) is 1. The molecule has 1 aromatic rings. The lowest BCUT2D eigenvalue weighted by Crippen LogP contribution is -2.32. The summed E-state index contributed by atoms with van der Waals surface area (Å²) in [6.07, 6.45) is 6.18. The number of nitrogens with one attached hydrogen (secondary N) is 1.